The molecule has 0 fully saturated rings. The van der Waals surface area contributed by atoms with Crippen LogP contribution in [0.15, 0.2) is 29.1 Å². The van der Waals surface area contributed by atoms with E-state index >= 15 is 0 Å². The fraction of sp³-hybridized carbons (Fsp3) is 0.375. The van der Waals surface area contributed by atoms with Crippen LogP contribution in [0.1, 0.15) is 13.8 Å². The molecule has 7 heteroatoms. The zero-order chi connectivity index (χ0) is 16.4. The summed E-state index contributed by atoms with van der Waals surface area (Å²) in [6.45, 7) is 4.74. The number of benzene rings is 1. The van der Waals surface area contributed by atoms with E-state index in [9.17, 15) is 9.90 Å². The molecule has 2 aromatic heterocycles. The lowest BCUT2D eigenvalue weighted by atomic mass is 10.2. The van der Waals surface area contributed by atoms with Gasteiger partial charge in [0.05, 0.1) is 11.0 Å². The van der Waals surface area contributed by atoms with Gasteiger partial charge < -0.3 is 20.1 Å². The lowest BCUT2D eigenvalue weighted by molar-refractivity contribution is 0.105. The first-order chi connectivity index (χ1) is 11.0. The van der Waals surface area contributed by atoms with E-state index in [0.29, 0.717) is 29.5 Å². The Bertz CT molecular complexity index is 869. The number of ether oxygens (including phenoxy) is 1. The van der Waals surface area contributed by atoms with E-state index in [1.165, 1.54) is 0 Å². The van der Waals surface area contributed by atoms with Crippen LogP contribution in [-0.2, 0) is 0 Å². The number of aromatic nitrogens is 3. The maximum Gasteiger partial charge on any atom is 0.325 e. The van der Waals surface area contributed by atoms with Gasteiger partial charge in [0.15, 0.2) is 5.65 Å². The van der Waals surface area contributed by atoms with Gasteiger partial charge in [0.2, 0.25) is 0 Å². The average Bonchev–Trinajstić information content (AvgIpc) is 2.87. The number of nitrogens with one attached hydrogen (secondary N) is 3. The van der Waals surface area contributed by atoms with Gasteiger partial charge in [-0.25, -0.2) is 9.78 Å². The molecule has 0 aliphatic carbocycles. The highest BCUT2D eigenvalue weighted by Crippen LogP contribution is 2.22. The molecule has 0 amide bonds. The maximum absolute atomic E-state index is 11.3. The van der Waals surface area contributed by atoms with Crippen molar-refractivity contribution < 1.29 is 9.84 Å². The van der Waals surface area contributed by atoms with Crippen molar-refractivity contribution in [2.75, 3.05) is 13.2 Å². The highest BCUT2D eigenvalue weighted by atomic mass is 16.5. The van der Waals surface area contributed by atoms with E-state index in [2.05, 4.69) is 20.3 Å². The molecule has 0 bridgehead atoms. The van der Waals surface area contributed by atoms with E-state index in [-0.39, 0.29) is 12.3 Å². The first-order valence-corrected chi connectivity index (χ1v) is 7.58. The molecule has 122 valence electrons. The van der Waals surface area contributed by atoms with Crippen LogP contribution in [0, 0.1) is 0 Å². The average molecular weight is 316 g/mol. The van der Waals surface area contributed by atoms with Gasteiger partial charge in [-0.1, -0.05) is 13.8 Å². The number of aromatic amines is 2. The molecule has 0 aliphatic heterocycles. The van der Waals surface area contributed by atoms with Crippen LogP contribution >= 0.6 is 0 Å². The number of rotatable bonds is 6. The van der Waals surface area contributed by atoms with E-state index in [0.717, 1.165) is 10.9 Å². The molecule has 1 unspecified atom stereocenters. The molecule has 0 saturated heterocycles. The third-order valence-corrected chi connectivity index (χ3v) is 3.47. The highest BCUT2D eigenvalue weighted by Gasteiger charge is 2.08. The summed E-state index contributed by atoms with van der Waals surface area (Å²) in [5, 5.41) is 13.9. The van der Waals surface area contributed by atoms with Crippen LogP contribution in [0.5, 0.6) is 5.75 Å². The van der Waals surface area contributed by atoms with Crippen LogP contribution in [0.3, 0.4) is 0 Å². The smallest absolute Gasteiger partial charge is 0.325 e. The molecule has 0 aliphatic rings. The van der Waals surface area contributed by atoms with Gasteiger partial charge in [-0.15, -0.1) is 0 Å². The summed E-state index contributed by atoms with van der Waals surface area (Å²) in [5.74, 6) is 0.653. The van der Waals surface area contributed by atoms with E-state index in [4.69, 9.17) is 4.74 Å². The first kappa shape index (κ1) is 15.5. The quantitative estimate of drug-likeness (QED) is 0.546. The van der Waals surface area contributed by atoms with Crippen LogP contribution in [0.2, 0.25) is 0 Å². The summed E-state index contributed by atoms with van der Waals surface area (Å²) in [4.78, 5) is 21.0. The van der Waals surface area contributed by atoms with Gasteiger partial charge in [0, 0.05) is 18.0 Å². The molecule has 0 spiro atoms. The summed E-state index contributed by atoms with van der Waals surface area (Å²) >= 11 is 0. The van der Waals surface area contributed by atoms with Crippen molar-refractivity contribution in [1.82, 2.24) is 20.3 Å². The van der Waals surface area contributed by atoms with Gasteiger partial charge in [0.1, 0.15) is 18.5 Å². The van der Waals surface area contributed by atoms with Crippen LogP contribution in [0.4, 0.5) is 0 Å². The predicted molar refractivity (Wildman–Crippen MR) is 88.9 cm³/mol. The molecule has 1 atom stereocenters. The van der Waals surface area contributed by atoms with Crippen LogP contribution < -0.4 is 15.7 Å². The Morgan fingerprint density at radius 3 is 2.91 bits per heavy atom. The Hall–Kier alpha value is -2.38. The predicted octanol–water partition coefficient (Wildman–Crippen LogP) is 1.14. The molecule has 1 aromatic carbocycles. The largest absolute Gasteiger partial charge is 0.491 e. The van der Waals surface area contributed by atoms with Crippen molar-refractivity contribution in [3.8, 4) is 5.75 Å². The number of hydrogen-bond acceptors (Lipinski definition) is 5. The number of hydrogen-bond donors (Lipinski definition) is 4. The molecule has 3 aromatic rings. The van der Waals surface area contributed by atoms with Gasteiger partial charge in [-0.05, 0) is 24.3 Å². The second-order valence-electron chi connectivity index (χ2n) is 5.85. The number of nitrogens with zero attached hydrogens (tertiary/aromatic N) is 1. The topological polar surface area (TPSA) is 103 Å². The Morgan fingerprint density at radius 1 is 1.30 bits per heavy atom. The molecule has 7 nitrogen and oxygen atoms in total. The second-order valence-corrected chi connectivity index (χ2v) is 5.85. The summed E-state index contributed by atoms with van der Waals surface area (Å²) in [5.41, 5.74) is 1.68. The standard InChI is InChI=1S/C16H20N4O3/c1-9(2)17-7-11(21)8-23-12-3-4-13-10(5-12)6-14-15(18-13)20-16(22)19-14/h3-6,9,11,17,21H,7-8H2,1-2H3,(H2,18,19,20,22). The first-order valence-electron chi connectivity index (χ1n) is 7.58. The minimum Gasteiger partial charge on any atom is -0.491 e. The number of H-pyrrole nitrogens is 2. The number of pyridine rings is 1. The Kier molecular flexibility index (Phi) is 4.31. The minimum atomic E-state index is -0.574. The third kappa shape index (κ3) is 3.69. The molecule has 3 rings (SSSR count). The van der Waals surface area contributed by atoms with Crippen molar-refractivity contribution in [1.29, 1.82) is 0 Å². The van der Waals surface area contributed by atoms with Crippen LogP contribution in [-0.4, -0.2) is 45.4 Å². The molecular weight excluding hydrogens is 296 g/mol. The zero-order valence-corrected chi connectivity index (χ0v) is 13.1. The molecule has 2 heterocycles. The van der Waals surface area contributed by atoms with Crippen molar-refractivity contribution in [2.24, 2.45) is 0 Å². The Labute approximate surface area is 132 Å². The zero-order valence-electron chi connectivity index (χ0n) is 13.1. The van der Waals surface area contributed by atoms with Crippen molar-refractivity contribution in [3.63, 3.8) is 0 Å². The lowest BCUT2D eigenvalue weighted by Gasteiger charge is -2.15. The third-order valence-electron chi connectivity index (χ3n) is 3.47. The summed E-state index contributed by atoms with van der Waals surface area (Å²) in [7, 11) is 0. The summed E-state index contributed by atoms with van der Waals surface area (Å²) in [6.07, 6.45) is -0.574. The molecule has 0 saturated carbocycles. The summed E-state index contributed by atoms with van der Waals surface area (Å²) < 4.78 is 5.63. The summed E-state index contributed by atoms with van der Waals surface area (Å²) in [6, 6.07) is 7.64. The molecule has 4 N–H and O–H groups in total. The van der Waals surface area contributed by atoms with E-state index in [1.807, 2.05) is 32.0 Å². The fourth-order valence-corrected chi connectivity index (χ4v) is 2.32. The minimum absolute atomic E-state index is 0.210. The van der Waals surface area contributed by atoms with Gasteiger partial charge in [-0.2, -0.15) is 0 Å². The van der Waals surface area contributed by atoms with Crippen LogP contribution in [0.25, 0.3) is 22.1 Å². The number of imidazole rings is 1. The fourth-order valence-electron chi connectivity index (χ4n) is 2.32. The molecule has 0 radical (unpaired) electrons. The van der Waals surface area contributed by atoms with E-state index < -0.39 is 6.10 Å². The van der Waals surface area contributed by atoms with Crippen molar-refractivity contribution >= 4 is 22.1 Å². The number of aliphatic hydroxyl groups is 1. The van der Waals surface area contributed by atoms with Gasteiger partial charge >= 0.3 is 5.69 Å². The van der Waals surface area contributed by atoms with Gasteiger partial charge in [0.25, 0.3) is 0 Å². The SMILES string of the molecule is CC(C)NCC(O)COc1ccc2nc3[nH]c(=O)[nH]c3cc2c1. The molecular formula is C16H20N4O3. The number of fused-ring (bicyclic) bond motifs is 2. The highest BCUT2D eigenvalue weighted by molar-refractivity contribution is 5.89. The van der Waals surface area contributed by atoms with Crippen molar-refractivity contribution in [2.45, 2.75) is 26.0 Å². The Balaban J connectivity index is 1.74. The monoisotopic (exact) mass is 316 g/mol. The normalized spacial score (nSPS) is 13.0. The van der Waals surface area contributed by atoms with E-state index in [1.54, 1.807) is 6.07 Å². The lowest BCUT2D eigenvalue weighted by Crippen LogP contribution is -2.35. The molecule has 23 heavy (non-hydrogen) atoms. The van der Waals surface area contributed by atoms with Gasteiger partial charge in [-0.3, -0.25) is 4.98 Å². The maximum atomic E-state index is 11.3. The number of aliphatic hydroxyl groups excluding tert-OH is 1. The second kappa shape index (κ2) is 6.39. The Morgan fingerprint density at radius 2 is 2.13 bits per heavy atom. The van der Waals surface area contributed by atoms with Crippen molar-refractivity contribution in [3.05, 3.63) is 34.7 Å².